The molecule has 0 heterocycles. The Morgan fingerprint density at radius 2 is 2.12 bits per heavy atom. The summed E-state index contributed by atoms with van der Waals surface area (Å²) < 4.78 is 12.8. The highest BCUT2D eigenvalue weighted by atomic mass is 19.1. The maximum Gasteiger partial charge on any atom is 0.126 e. The van der Waals surface area contributed by atoms with E-state index >= 15 is 0 Å². The summed E-state index contributed by atoms with van der Waals surface area (Å²) >= 11 is 0. The molecule has 0 aliphatic heterocycles. The minimum Gasteiger partial charge on any atom is -0.508 e. The SMILES string of the molecule is CCCC(O)CNC(C)c1ccc(F)cc1O. The number of hydrogen-bond donors (Lipinski definition) is 3. The molecule has 4 heteroatoms. The summed E-state index contributed by atoms with van der Waals surface area (Å²) in [4.78, 5) is 0. The highest BCUT2D eigenvalue weighted by Gasteiger charge is 2.12. The zero-order valence-corrected chi connectivity index (χ0v) is 10.3. The molecule has 0 aliphatic rings. The van der Waals surface area contributed by atoms with E-state index < -0.39 is 5.82 Å². The van der Waals surface area contributed by atoms with Gasteiger partial charge in [-0.3, -0.25) is 0 Å². The quantitative estimate of drug-likeness (QED) is 0.716. The molecule has 0 bridgehead atoms. The average molecular weight is 241 g/mol. The van der Waals surface area contributed by atoms with Gasteiger partial charge in [-0.05, 0) is 19.4 Å². The average Bonchev–Trinajstić information content (AvgIpc) is 2.26. The van der Waals surface area contributed by atoms with E-state index in [1.807, 2.05) is 13.8 Å². The predicted molar refractivity (Wildman–Crippen MR) is 65.4 cm³/mol. The van der Waals surface area contributed by atoms with E-state index in [9.17, 15) is 14.6 Å². The Bertz CT molecular complexity index is 357. The Balaban J connectivity index is 2.54. The molecule has 0 aliphatic carbocycles. The monoisotopic (exact) mass is 241 g/mol. The van der Waals surface area contributed by atoms with Crippen molar-refractivity contribution in [1.29, 1.82) is 0 Å². The van der Waals surface area contributed by atoms with Crippen LogP contribution in [0.5, 0.6) is 5.75 Å². The molecule has 17 heavy (non-hydrogen) atoms. The molecule has 1 aromatic carbocycles. The van der Waals surface area contributed by atoms with Crippen LogP contribution in [0.1, 0.15) is 38.3 Å². The molecule has 0 radical (unpaired) electrons. The first-order chi connectivity index (χ1) is 8.04. The molecule has 2 unspecified atom stereocenters. The Morgan fingerprint density at radius 3 is 2.71 bits per heavy atom. The molecule has 0 saturated heterocycles. The van der Waals surface area contributed by atoms with Crippen molar-refractivity contribution in [3.8, 4) is 5.75 Å². The maximum atomic E-state index is 12.8. The van der Waals surface area contributed by atoms with Gasteiger partial charge in [-0.1, -0.05) is 19.4 Å². The molecule has 0 saturated carbocycles. The first-order valence-corrected chi connectivity index (χ1v) is 5.94. The third-order valence-electron chi connectivity index (χ3n) is 2.74. The molecule has 1 aromatic rings. The lowest BCUT2D eigenvalue weighted by Crippen LogP contribution is -2.29. The minimum atomic E-state index is -0.454. The van der Waals surface area contributed by atoms with Gasteiger partial charge in [0.05, 0.1) is 6.10 Å². The summed E-state index contributed by atoms with van der Waals surface area (Å²) in [6.45, 7) is 4.34. The van der Waals surface area contributed by atoms with Gasteiger partial charge in [0.2, 0.25) is 0 Å². The lowest BCUT2D eigenvalue weighted by molar-refractivity contribution is 0.157. The van der Waals surface area contributed by atoms with E-state index in [2.05, 4.69) is 5.32 Å². The predicted octanol–water partition coefficient (Wildman–Crippen LogP) is 2.34. The summed E-state index contributed by atoms with van der Waals surface area (Å²) in [5, 5.41) is 22.3. The second-order valence-electron chi connectivity index (χ2n) is 4.28. The highest BCUT2D eigenvalue weighted by molar-refractivity contribution is 5.34. The van der Waals surface area contributed by atoms with Crippen LogP contribution in [0.15, 0.2) is 18.2 Å². The van der Waals surface area contributed by atoms with Crippen LogP contribution >= 0.6 is 0 Å². The van der Waals surface area contributed by atoms with Gasteiger partial charge in [-0.25, -0.2) is 4.39 Å². The van der Waals surface area contributed by atoms with Crippen molar-refractivity contribution < 1.29 is 14.6 Å². The molecule has 1 rings (SSSR count). The van der Waals surface area contributed by atoms with E-state index in [0.717, 1.165) is 18.9 Å². The van der Waals surface area contributed by atoms with E-state index in [1.165, 1.54) is 6.07 Å². The second-order valence-corrected chi connectivity index (χ2v) is 4.28. The summed E-state index contributed by atoms with van der Waals surface area (Å²) in [6.07, 6.45) is 1.29. The Labute approximate surface area is 101 Å². The van der Waals surface area contributed by atoms with Crippen LogP contribution in [-0.2, 0) is 0 Å². The van der Waals surface area contributed by atoms with Gasteiger partial charge in [0.25, 0.3) is 0 Å². The maximum absolute atomic E-state index is 12.8. The van der Waals surface area contributed by atoms with Gasteiger partial charge in [-0.2, -0.15) is 0 Å². The number of aliphatic hydroxyl groups excluding tert-OH is 1. The fourth-order valence-electron chi connectivity index (χ4n) is 1.74. The van der Waals surface area contributed by atoms with Crippen LogP contribution < -0.4 is 5.32 Å². The van der Waals surface area contributed by atoms with Crippen molar-refractivity contribution in [3.63, 3.8) is 0 Å². The minimum absolute atomic E-state index is 0.0602. The van der Waals surface area contributed by atoms with Crippen molar-refractivity contribution in [3.05, 3.63) is 29.6 Å². The smallest absolute Gasteiger partial charge is 0.126 e. The van der Waals surface area contributed by atoms with Crippen LogP contribution in [-0.4, -0.2) is 22.9 Å². The van der Waals surface area contributed by atoms with E-state index in [-0.39, 0.29) is 17.9 Å². The fourth-order valence-corrected chi connectivity index (χ4v) is 1.74. The first kappa shape index (κ1) is 13.9. The number of phenolic OH excluding ortho intramolecular Hbond substituents is 1. The Hall–Kier alpha value is -1.13. The fraction of sp³-hybridized carbons (Fsp3) is 0.538. The summed E-state index contributed by atoms with van der Waals surface area (Å²) in [5.41, 5.74) is 0.634. The summed E-state index contributed by atoms with van der Waals surface area (Å²) in [7, 11) is 0. The van der Waals surface area contributed by atoms with Gasteiger partial charge in [-0.15, -0.1) is 0 Å². The zero-order chi connectivity index (χ0) is 12.8. The number of hydrogen-bond acceptors (Lipinski definition) is 3. The Kier molecular flexibility index (Phi) is 5.38. The number of aromatic hydroxyl groups is 1. The molecular weight excluding hydrogens is 221 g/mol. The molecule has 3 nitrogen and oxygen atoms in total. The van der Waals surface area contributed by atoms with Gasteiger partial charge in [0, 0.05) is 24.2 Å². The lowest BCUT2D eigenvalue weighted by atomic mass is 10.1. The Morgan fingerprint density at radius 1 is 1.41 bits per heavy atom. The molecule has 3 N–H and O–H groups in total. The summed E-state index contributed by atoms with van der Waals surface area (Å²) in [6, 6.07) is 3.84. The zero-order valence-electron chi connectivity index (χ0n) is 10.3. The molecule has 0 amide bonds. The van der Waals surface area contributed by atoms with Crippen molar-refractivity contribution in [1.82, 2.24) is 5.32 Å². The number of halogens is 1. The van der Waals surface area contributed by atoms with Crippen molar-refractivity contribution >= 4 is 0 Å². The summed E-state index contributed by atoms with van der Waals surface area (Å²) in [5.74, 6) is -0.514. The largest absolute Gasteiger partial charge is 0.508 e. The van der Waals surface area contributed by atoms with Crippen LogP contribution in [0, 0.1) is 5.82 Å². The highest BCUT2D eigenvalue weighted by Crippen LogP contribution is 2.24. The van der Waals surface area contributed by atoms with Crippen molar-refractivity contribution in [2.75, 3.05) is 6.54 Å². The number of nitrogens with one attached hydrogen (secondary N) is 1. The molecule has 2 atom stereocenters. The first-order valence-electron chi connectivity index (χ1n) is 5.94. The second kappa shape index (κ2) is 6.57. The molecule has 96 valence electrons. The normalized spacial score (nSPS) is 14.6. The van der Waals surface area contributed by atoms with Crippen LogP contribution in [0.3, 0.4) is 0 Å². The number of aliphatic hydroxyl groups is 1. The van der Waals surface area contributed by atoms with Crippen LogP contribution in [0.2, 0.25) is 0 Å². The molecule has 0 aromatic heterocycles. The van der Waals surface area contributed by atoms with E-state index in [1.54, 1.807) is 6.07 Å². The van der Waals surface area contributed by atoms with Gasteiger partial charge >= 0.3 is 0 Å². The lowest BCUT2D eigenvalue weighted by Gasteiger charge is -2.18. The van der Waals surface area contributed by atoms with Crippen LogP contribution in [0.4, 0.5) is 4.39 Å². The number of phenols is 1. The topological polar surface area (TPSA) is 52.5 Å². The van der Waals surface area contributed by atoms with Gasteiger partial charge in [0.15, 0.2) is 0 Å². The van der Waals surface area contributed by atoms with Crippen molar-refractivity contribution in [2.24, 2.45) is 0 Å². The number of rotatable bonds is 6. The number of benzene rings is 1. The third kappa shape index (κ3) is 4.32. The van der Waals surface area contributed by atoms with Gasteiger partial charge < -0.3 is 15.5 Å². The molecule has 0 fully saturated rings. The van der Waals surface area contributed by atoms with E-state index in [0.29, 0.717) is 12.1 Å². The van der Waals surface area contributed by atoms with Crippen molar-refractivity contribution in [2.45, 2.75) is 38.8 Å². The molecular formula is C13H20FNO2. The van der Waals surface area contributed by atoms with Crippen LogP contribution in [0.25, 0.3) is 0 Å². The van der Waals surface area contributed by atoms with E-state index in [4.69, 9.17) is 0 Å². The standard InChI is InChI=1S/C13H20FNO2/c1-3-4-11(16)8-15-9(2)12-6-5-10(14)7-13(12)17/h5-7,9,11,15-17H,3-4,8H2,1-2H3. The molecule has 0 spiro atoms. The van der Waals surface area contributed by atoms with Gasteiger partial charge in [0.1, 0.15) is 11.6 Å². The third-order valence-corrected chi connectivity index (χ3v) is 2.74.